The van der Waals surface area contributed by atoms with Crippen LogP contribution < -0.4 is 0 Å². The molecule has 1 N–H and O–H groups in total. The van der Waals surface area contributed by atoms with Gasteiger partial charge in [-0.1, -0.05) is 6.42 Å². The van der Waals surface area contributed by atoms with Gasteiger partial charge in [0.1, 0.15) is 11.2 Å². The van der Waals surface area contributed by atoms with Crippen molar-refractivity contribution in [1.82, 2.24) is 0 Å². The molecule has 0 aliphatic heterocycles. The third-order valence-corrected chi connectivity index (χ3v) is 3.05. The summed E-state index contributed by atoms with van der Waals surface area (Å²) < 4.78 is 0. The van der Waals surface area contributed by atoms with Crippen molar-refractivity contribution in [3.05, 3.63) is 0 Å². The van der Waals surface area contributed by atoms with E-state index in [0.29, 0.717) is 25.7 Å². The third kappa shape index (κ3) is 2.38. The fourth-order valence-electron chi connectivity index (χ4n) is 2.09. The Hall–Kier alpha value is -1.30. The summed E-state index contributed by atoms with van der Waals surface area (Å²) in [5, 5.41) is 9.19. The molecule has 3 heteroatoms. The lowest BCUT2D eigenvalue weighted by molar-refractivity contribution is -0.157. The molecule has 0 bridgehead atoms. The first-order valence-corrected chi connectivity index (χ1v) is 5.30. The van der Waals surface area contributed by atoms with Crippen LogP contribution in [0.5, 0.6) is 0 Å². The van der Waals surface area contributed by atoms with Gasteiger partial charge in [0.25, 0.3) is 0 Å². The van der Waals surface area contributed by atoms with Gasteiger partial charge < -0.3 is 5.11 Å². The predicted octanol–water partition coefficient (Wildman–Crippen LogP) is 2.00. The largest absolute Gasteiger partial charge is 0.480 e. The SMILES string of the molecule is CC#CCCC1(C(=O)O)CCCCC1=O. The Morgan fingerprint density at radius 3 is 2.80 bits per heavy atom. The number of ketones is 1. The van der Waals surface area contributed by atoms with Crippen molar-refractivity contribution in [2.75, 3.05) is 0 Å². The van der Waals surface area contributed by atoms with E-state index in [9.17, 15) is 14.7 Å². The van der Waals surface area contributed by atoms with Gasteiger partial charge in [0.05, 0.1) is 0 Å². The molecule has 0 amide bonds. The zero-order valence-electron chi connectivity index (χ0n) is 9.01. The molecule has 0 heterocycles. The molecule has 0 saturated heterocycles. The Morgan fingerprint density at radius 2 is 2.27 bits per heavy atom. The molecule has 3 nitrogen and oxygen atoms in total. The Balaban J connectivity index is 2.79. The summed E-state index contributed by atoms with van der Waals surface area (Å²) in [6.07, 6.45) is 3.40. The summed E-state index contributed by atoms with van der Waals surface area (Å²) in [6.45, 7) is 1.72. The van der Waals surface area contributed by atoms with Gasteiger partial charge in [-0.05, 0) is 26.2 Å². The zero-order valence-corrected chi connectivity index (χ0v) is 9.01. The normalized spacial score (nSPS) is 25.5. The second-order valence-electron chi connectivity index (χ2n) is 3.94. The van der Waals surface area contributed by atoms with Gasteiger partial charge in [0, 0.05) is 12.8 Å². The highest BCUT2D eigenvalue weighted by Gasteiger charge is 2.45. The summed E-state index contributed by atoms with van der Waals surface area (Å²) in [6, 6.07) is 0. The van der Waals surface area contributed by atoms with E-state index in [1.807, 2.05) is 0 Å². The molecule has 1 saturated carbocycles. The standard InChI is InChI=1S/C12H16O3/c1-2-3-5-8-12(11(14)15)9-6-4-7-10(12)13/h4-9H2,1H3,(H,14,15). The van der Waals surface area contributed by atoms with Crippen LogP contribution >= 0.6 is 0 Å². The van der Waals surface area contributed by atoms with Crippen LogP contribution in [-0.2, 0) is 9.59 Å². The topological polar surface area (TPSA) is 54.4 Å². The molecule has 1 rings (SSSR count). The smallest absolute Gasteiger partial charge is 0.317 e. The average Bonchev–Trinajstić information content (AvgIpc) is 2.21. The van der Waals surface area contributed by atoms with E-state index in [4.69, 9.17) is 0 Å². The predicted molar refractivity (Wildman–Crippen MR) is 56.2 cm³/mol. The lowest BCUT2D eigenvalue weighted by Crippen LogP contribution is -2.41. The highest BCUT2D eigenvalue weighted by Crippen LogP contribution is 2.37. The first kappa shape index (κ1) is 11.8. The molecule has 82 valence electrons. The van der Waals surface area contributed by atoms with Gasteiger partial charge in [-0.2, -0.15) is 0 Å². The van der Waals surface area contributed by atoms with Gasteiger partial charge in [-0.3, -0.25) is 9.59 Å². The highest BCUT2D eigenvalue weighted by molar-refractivity contribution is 6.03. The van der Waals surface area contributed by atoms with Crippen molar-refractivity contribution in [2.24, 2.45) is 5.41 Å². The molecule has 0 spiro atoms. The summed E-state index contributed by atoms with van der Waals surface area (Å²) in [5.41, 5.74) is -1.14. The fraction of sp³-hybridized carbons (Fsp3) is 0.667. The van der Waals surface area contributed by atoms with Crippen LogP contribution in [0.4, 0.5) is 0 Å². The van der Waals surface area contributed by atoms with E-state index in [1.165, 1.54) is 0 Å². The first-order chi connectivity index (χ1) is 7.13. The average molecular weight is 208 g/mol. The maximum Gasteiger partial charge on any atom is 0.317 e. The van der Waals surface area contributed by atoms with E-state index in [2.05, 4.69) is 11.8 Å². The molecule has 1 atom stereocenters. The van der Waals surface area contributed by atoms with Crippen molar-refractivity contribution < 1.29 is 14.7 Å². The molecule has 1 aliphatic rings. The molecular formula is C12H16O3. The second-order valence-corrected chi connectivity index (χ2v) is 3.94. The van der Waals surface area contributed by atoms with Crippen molar-refractivity contribution in [3.8, 4) is 11.8 Å². The Kier molecular flexibility index (Phi) is 3.90. The number of carboxylic acids is 1. The minimum Gasteiger partial charge on any atom is -0.480 e. The van der Waals surface area contributed by atoms with Crippen molar-refractivity contribution in [3.63, 3.8) is 0 Å². The molecule has 0 aromatic rings. The van der Waals surface area contributed by atoms with Crippen molar-refractivity contribution in [1.29, 1.82) is 0 Å². The van der Waals surface area contributed by atoms with Gasteiger partial charge in [0.2, 0.25) is 0 Å². The number of carbonyl (C=O) groups excluding carboxylic acids is 1. The molecule has 0 radical (unpaired) electrons. The van der Waals surface area contributed by atoms with E-state index < -0.39 is 11.4 Å². The maximum atomic E-state index is 11.7. The van der Waals surface area contributed by atoms with Crippen LogP contribution in [0.25, 0.3) is 0 Å². The molecule has 0 aromatic carbocycles. The molecule has 1 unspecified atom stereocenters. The number of rotatable bonds is 3. The highest BCUT2D eigenvalue weighted by atomic mass is 16.4. The minimum absolute atomic E-state index is 0.112. The minimum atomic E-state index is -1.14. The molecular weight excluding hydrogens is 192 g/mol. The zero-order chi connectivity index (χ0) is 11.3. The van der Waals surface area contributed by atoms with Gasteiger partial charge in [0.15, 0.2) is 0 Å². The fourth-order valence-corrected chi connectivity index (χ4v) is 2.09. The van der Waals surface area contributed by atoms with Crippen LogP contribution in [0.2, 0.25) is 0 Å². The first-order valence-electron chi connectivity index (χ1n) is 5.30. The van der Waals surface area contributed by atoms with Gasteiger partial charge >= 0.3 is 5.97 Å². The van der Waals surface area contributed by atoms with Gasteiger partial charge in [-0.25, -0.2) is 0 Å². The number of hydrogen-bond acceptors (Lipinski definition) is 2. The van der Waals surface area contributed by atoms with Crippen molar-refractivity contribution in [2.45, 2.75) is 45.4 Å². The Bertz CT molecular complexity index is 321. The summed E-state index contributed by atoms with van der Waals surface area (Å²) in [5.74, 6) is 4.47. The van der Waals surface area contributed by atoms with E-state index >= 15 is 0 Å². The number of carboxylic acid groups (broad SMARTS) is 1. The summed E-state index contributed by atoms with van der Waals surface area (Å²) >= 11 is 0. The third-order valence-electron chi connectivity index (χ3n) is 3.05. The van der Waals surface area contributed by atoms with Crippen LogP contribution in [0.3, 0.4) is 0 Å². The van der Waals surface area contributed by atoms with E-state index in [-0.39, 0.29) is 5.78 Å². The van der Waals surface area contributed by atoms with Crippen LogP contribution in [0.1, 0.15) is 45.4 Å². The number of carbonyl (C=O) groups is 2. The monoisotopic (exact) mass is 208 g/mol. The lowest BCUT2D eigenvalue weighted by Gasteiger charge is -2.30. The summed E-state index contributed by atoms with van der Waals surface area (Å²) in [4.78, 5) is 22.9. The number of Topliss-reactive ketones (excluding diaryl/α,β-unsaturated/α-hetero) is 1. The second kappa shape index (κ2) is 4.97. The number of hydrogen-bond donors (Lipinski definition) is 1. The molecule has 1 aliphatic carbocycles. The van der Waals surface area contributed by atoms with E-state index in [1.54, 1.807) is 6.92 Å². The maximum absolute atomic E-state index is 11.7. The molecule has 1 fully saturated rings. The van der Waals surface area contributed by atoms with E-state index in [0.717, 1.165) is 12.8 Å². The van der Waals surface area contributed by atoms with Crippen LogP contribution in [-0.4, -0.2) is 16.9 Å². The van der Waals surface area contributed by atoms with Crippen LogP contribution in [0.15, 0.2) is 0 Å². The molecule has 0 aromatic heterocycles. The Morgan fingerprint density at radius 1 is 1.53 bits per heavy atom. The molecule has 15 heavy (non-hydrogen) atoms. The van der Waals surface area contributed by atoms with Crippen molar-refractivity contribution >= 4 is 11.8 Å². The Labute approximate surface area is 89.9 Å². The number of aliphatic carboxylic acids is 1. The summed E-state index contributed by atoms with van der Waals surface area (Å²) in [7, 11) is 0. The quantitative estimate of drug-likeness (QED) is 0.570. The van der Waals surface area contributed by atoms with Gasteiger partial charge in [-0.15, -0.1) is 11.8 Å². The van der Waals surface area contributed by atoms with Crippen LogP contribution in [0, 0.1) is 17.3 Å². The lowest BCUT2D eigenvalue weighted by atomic mass is 9.70.